The van der Waals surface area contributed by atoms with E-state index in [1.54, 1.807) is 0 Å². The molecule has 0 aliphatic carbocycles. The zero-order valence-electron chi connectivity index (χ0n) is 9.15. The highest BCUT2D eigenvalue weighted by Crippen LogP contribution is 2.17. The van der Waals surface area contributed by atoms with Crippen molar-refractivity contribution in [3.05, 3.63) is 10.0 Å². The molecule has 0 atom stereocenters. The van der Waals surface area contributed by atoms with Crippen LogP contribution in [-0.4, -0.2) is 19.5 Å². The number of aryl methyl sites for hydroxylation is 1. The topological polar surface area (TPSA) is 69.6 Å². The van der Waals surface area contributed by atoms with Crippen LogP contribution >= 0.6 is 22.6 Å². The fraction of sp³-hybridized carbons (Fsp3) is 0.500. The Balaban J connectivity index is 2.32. The monoisotopic (exact) mass is 331 g/mol. The largest absolute Gasteiger partial charge is 0.368 e. The van der Waals surface area contributed by atoms with Gasteiger partial charge >= 0.3 is 0 Å². The third kappa shape index (κ3) is 2.26. The van der Waals surface area contributed by atoms with Crippen molar-refractivity contribution in [2.45, 2.75) is 32.7 Å². The second kappa shape index (κ2) is 4.94. The second-order valence-electron chi connectivity index (χ2n) is 3.69. The Bertz CT molecular complexity index is 493. The summed E-state index contributed by atoms with van der Waals surface area (Å²) in [5.74, 6) is 0.314. The van der Waals surface area contributed by atoms with E-state index in [2.05, 4.69) is 44.5 Å². The molecule has 2 N–H and O–H groups in total. The first-order chi connectivity index (χ1) is 7.72. The van der Waals surface area contributed by atoms with Crippen LogP contribution in [0.3, 0.4) is 0 Å². The third-order valence-electron chi connectivity index (χ3n) is 2.44. The number of halogens is 1. The van der Waals surface area contributed by atoms with E-state index in [9.17, 15) is 0 Å². The van der Waals surface area contributed by atoms with Crippen molar-refractivity contribution in [1.29, 1.82) is 0 Å². The normalized spacial score (nSPS) is 11.1. The number of imidazole rings is 1. The first-order valence-corrected chi connectivity index (χ1v) is 6.44. The van der Waals surface area contributed by atoms with Crippen LogP contribution in [0.4, 0.5) is 5.95 Å². The maximum Gasteiger partial charge on any atom is 0.223 e. The smallest absolute Gasteiger partial charge is 0.223 e. The van der Waals surface area contributed by atoms with Crippen molar-refractivity contribution in [3.63, 3.8) is 0 Å². The fourth-order valence-corrected chi connectivity index (χ4v) is 2.25. The van der Waals surface area contributed by atoms with Gasteiger partial charge in [0.05, 0.1) is 6.33 Å². The van der Waals surface area contributed by atoms with Gasteiger partial charge in [0.1, 0.15) is 9.22 Å². The average Bonchev–Trinajstić information content (AvgIpc) is 2.62. The van der Waals surface area contributed by atoms with Gasteiger partial charge in [-0.1, -0.05) is 19.8 Å². The van der Waals surface area contributed by atoms with Gasteiger partial charge in [-0.25, -0.2) is 9.97 Å². The SMILES string of the molecule is CCCCCn1cnc2c(I)nc(N)nc21. The molecule has 0 unspecified atom stereocenters. The molecule has 0 amide bonds. The standard InChI is InChI=1S/C10H14IN5/c1-2-3-4-5-16-6-13-7-8(11)14-10(12)15-9(7)16/h6H,2-5H2,1H3,(H2,12,14,15). The highest BCUT2D eigenvalue weighted by molar-refractivity contribution is 14.1. The summed E-state index contributed by atoms with van der Waals surface area (Å²) >= 11 is 2.14. The van der Waals surface area contributed by atoms with Crippen LogP contribution in [0.1, 0.15) is 26.2 Å². The highest BCUT2D eigenvalue weighted by atomic mass is 127. The summed E-state index contributed by atoms with van der Waals surface area (Å²) in [4.78, 5) is 12.6. The van der Waals surface area contributed by atoms with Crippen molar-refractivity contribution in [2.24, 2.45) is 0 Å². The number of nitrogen functional groups attached to an aromatic ring is 1. The lowest BCUT2D eigenvalue weighted by atomic mass is 10.2. The summed E-state index contributed by atoms with van der Waals surface area (Å²) in [6.45, 7) is 3.13. The number of hydrogen-bond donors (Lipinski definition) is 1. The van der Waals surface area contributed by atoms with Crippen LogP contribution in [0.5, 0.6) is 0 Å². The Morgan fingerprint density at radius 1 is 1.38 bits per heavy atom. The van der Waals surface area contributed by atoms with Crippen molar-refractivity contribution in [1.82, 2.24) is 19.5 Å². The Kier molecular flexibility index (Phi) is 3.57. The molecule has 0 bridgehead atoms. The highest BCUT2D eigenvalue weighted by Gasteiger charge is 2.09. The molecule has 0 radical (unpaired) electrons. The average molecular weight is 331 g/mol. The summed E-state index contributed by atoms with van der Waals surface area (Å²) in [6, 6.07) is 0. The lowest BCUT2D eigenvalue weighted by Crippen LogP contribution is -2.02. The summed E-state index contributed by atoms with van der Waals surface area (Å²) in [5.41, 5.74) is 7.32. The molecule has 0 saturated heterocycles. The van der Waals surface area contributed by atoms with Crippen molar-refractivity contribution >= 4 is 39.7 Å². The van der Waals surface area contributed by atoms with Gasteiger partial charge < -0.3 is 10.3 Å². The number of nitrogens with two attached hydrogens (primary N) is 1. The van der Waals surface area contributed by atoms with Gasteiger partial charge in [-0.3, -0.25) is 0 Å². The molecule has 0 aromatic carbocycles. The van der Waals surface area contributed by atoms with Crippen molar-refractivity contribution in [3.8, 4) is 0 Å². The molecular weight excluding hydrogens is 317 g/mol. The van der Waals surface area contributed by atoms with E-state index in [0.717, 1.165) is 27.8 Å². The molecule has 2 heterocycles. The lowest BCUT2D eigenvalue weighted by Gasteiger charge is -2.03. The number of rotatable bonds is 4. The van der Waals surface area contributed by atoms with Crippen LogP contribution < -0.4 is 5.73 Å². The van der Waals surface area contributed by atoms with Gasteiger partial charge in [0.2, 0.25) is 5.95 Å². The number of nitrogens with zero attached hydrogens (tertiary/aromatic N) is 4. The molecule has 6 heteroatoms. The lowest BCUT2D eigenvalue weighted by molar-refractivity contribution is 0.610. The van der Waals surface area contributed by atoms with Gasteiger partial charge in [0.15, 0.2) is 5.65 Å². The van der Waals surface area contributed by atoms with Crippen LogP contribution in [0.25, 0.3) is 11.2 Å². The van der Waals surface area contributed by atoms with Gasteiger partial charge in [-0.05, 0) is 29.0 Å². The molecule has 16 heavy (non-hydrogen) atoms. The maximum atomic E-state index is 5.64. The molecule has 0 spiro atoms. The Labute approximate surface area is 108 Å². The van der Waals surface area contributed by atoms with E-state index in [4.69, 9.17) is 5.73 Å². The third-order valence-corrected chi connectivity index (χ3v) is 3.19. The summed E-state index contributed by atoms with van der Waals surface area (Å²) in [5, 5.41) is 0. The Morgan fingerprint density at radius 3 is 2.94 bits per heavy atom. The molecule has 2 rings (SSSR count). The summed E-state index contributed by atoms with van der Waals surface area (Å²) < 4.78 is 2.86. The van der Waals surface area contributed by atoms with E-state index in [1.165, 1.54) is 12.8 Å². The zero-order chi connectivity index (χ0) is 11.5. The molecule has 2 aromatic heterocycles. The van der Waals surface area contributed by atoms with E-state index in [0.29, 0.717) is 5.95 Å². The molecule has 2 aromatic rings. The Hall–Kier alpha value is -0.920. The van der Waals surface area contributed by atoms with Crippen LogP contribution in [0, 0.1) is 3.70 Å². The predicted octanol–water partition coefficient (Wildman–Crippen LogP) is 2.20. The molecule has 0 aliphatic heterocycles. The van der Waals surface area contributed by atoms with Crippen molar-refractivity contribution in [2.75, 3.05) is 5.73 Å². The number of fused-ring (bicyclic) bond motifs is 1. The van der Waals surface area contributed by atoms with Crippen LogP contribution in [0.2, 0.25) is 0 Å². The second-order valence-corrected chi connectivity index (χ2v) is 4.71. The Morgan fingerprint density at radius 2 is 2.19 bits per heavy atom. The fourth-order valence-electron chi connectivity index (χ4n) is 1.62. The molecular formula is C10H14IN5. The minimum Gasteiger partial charge on any atom is -0.368 e. The molecule has 0 aliphatic rings. The predicted molar refractivity (Wildman–Crippen MR) is 72.0 cm³/mol. The minimum absolute atomic E-state index is 0.314. The summed E-state index contributed by atoms with van der Waals surface area (Å²) in [6.07, 6.45) is 5.39. The van der Waals surface area contributed by atoms with E-state index < -0.39 is 0 Å². The van der Waals surface area contributed by atoms with Gasteiger partial charge in [-0.2, -0.15) is 4.98 Å². The number of aromatic nitrogens is 4. The first-order valence-electron chi connectivity index (χ1n) is 5.36. The number of hydrogen-bond acceptors (Lipinski definition) is 4. The van der Waals surface area contributed by atoms with Crippen LogP contribution in [0.15, 0.2) is 6.33 Å². The van der Waals surface area contributed by atoms with Gasteiger partial charge in [0, 0.05) is 6.54 Å². The zero-order valence-corrected chi connectivity index (χ0v) is 11.3. The van der Waals surface area contributed by atoms with E-state index in [-0.39, 0.29) is 0 Å². The maximum absolute atomic E-state index is 5.64. The summed E-state index contributed by atoms with van der Waals surface area (Å²) in [7, 11) is 0. The molecule has 86 valence electrons. The molecule has 5 nitrogen and oxygen atoms in total. The minimum atomic E-state index is 0.314. The number of anilines is 1. The van der Waals surface area contributed by atoms with Crippen molar-refractivity contribution < 1.29 is 0 Å². The molecule has 0 saturated carbocycles. The number of unbranched alkanes of at least 4 members (excludes halogenated alkanes) is 2. The van der Waals surface area contributed by atoms with E-state index >= 15 is 0 Å². The van der Waals surface area contributed by atoms with Crippen LogP contribution in [-0.2, 0) is 6.54 Å². The quantitative estimate of drug-likeness (QED) is 0.530. The van der Waals surface area contributed by atoms with Gasteiger partial charge in [-0.15, -0.1) is 0 Å². The molecule has 0 fully saturated rings. The first kappa shape index (κ1) is 11.6. The van der Waals surface area contributed by atoms with Gasteiger partial charge in [0.25, 0.3) is 0 Å². The van der Waals surface area contributed by atoms with E-state index in [1.807, 2.05) is 10.9 Å².